The molecule has 0 unspecified atom stereocenters. The van der Waals surface area contributed by atoms with Crippen molar-refractivity contribution in [3.63, 3.8) is 0 Å². The number of sulfonamides is 1. The Morgan fingerprint density at radius 1 is 0.941 bits per heavy atom. The first-order chi connectivity index (χ1) is 16.1. The van der Waals surface area contributed by atoms with Crippen molar-refractivity contribution in [1.29, 1.82) is 0 Å². The molecule has 34 heavy (non-hydrogen) atoms. The van der Waals surface area contributed by atoms with Crippen LogP contribution in [0.3, 0.4) is 0 Å². The third-order valence-electron chi connectivity index (χ3n) is 5.05. The van der Waals surface area contributed by atoms with Crippen LogP contribution in [0.4, 0.5) is 10.1 Å². The Hall–Kier alpha value is -3.39. The number of halogens is 1. The number of benzene rings is 3. The van der Waals surface area contributed by atoms with E-state index in [0.29, 0.717) is 30.0 Å². The molecule has 0 aliphatic heterocycles. The second kappa shape index (κ2) is 11.2. The molecule has 0 saturated carbocycles. The van der Waals surface area contributed by atoms with Crippen LogP contribution in [-0.4, -0.2) is 33.2 Å². The average Bonchev–Trinajstić information content (AvgIpc) is 2.79. The van der Waals surface area contributed by atoms with Crippen LogP contribution in [0.25, 0.3) is 0 Å². The molecular formula is C26H29FN2O4S. The third-order valence-corrected chi connectivity index (χ3v) is 6.19. The fraction of sp³-hybridized carbons (Fsp3) is 0.269. The minimum Gasteiger partial charge on any atom is -0.491 e. The maximum absolute atomic E-state index is 13.0. The number of amides is 1. The fourth-order valence-electron chi connectivity index (χ4n) is 3.36. The predicted molar refractivity (Wildman–Crippen MR) is 132 cm³/mol. The average molecular weight is 485 g/mol. The van der Waals surface area contributed by atoms with E-state index in [-0.39, 0.29) is 24.4 Å². The fourth-order valence-corrected chi connectivity index (χ4v) is 4.25. The Balaban J connectivity index is 1.62. The predicted octanol–water partition coefficient (Wildman–Crippen LogP) is 4.55. The van der Waals surface area contributed by atoms with Gasteiger partial charge < -0.3 is 10.1 Å². The SMILES string of the molecule is CC(C)Oc1ccc(N(Cc2ccc(C(=O)NCCc3ccc(F)cc3)cc2)S(C)(=O)=O)cc1. The van der Waals surface area contributed by atoms with Crippen molar-refractivity contribution in [3.8, 4) is 5.75 Å². The van der Waals surface area contributed by atoms with E-state index in [1.54, 1.807) is 60.7 Å². The maximum Gasteiger partial charge on any atom is 0.251 e. The quantitative estimate of drug-likeness (QED) is 0.458. The van der Waals surface area contributed by atoms with Crippen molar-refractivity contribution in [1.82, 2.24) is 5.32 Å². The van der Waals surface area contributed by atoms with Crippen LogP contribution in [0.2, 0.25) is 0 Å². The van der Waals surface area contributed by atoms with E-state index in [4.69, 9.17) is 4.74 Å². The molecule has 0 spiro atoms. The number of rotatable bonds is 10. The van der Waals surface area contributed by atoms with Gasteiger partial charge in [0.2, 0.25) is 10.0 Å². The van der Waals surface area contributed by atoms with Crippen LogP contribution < -0.4 is 14.4 Å². The van der Waals surface area contributed by atoms with E-state index >= 15 is 0 Å². The zero-order chi connectivity index (χ0) is 24.7. The Morgan fingerprint density at radius 3 is 2.09 bits per heavy atom. The number of carbonyl (C=O) groups is 1. The van der Waals surface area contributed by atoms with Crippen molar-refractivity contribution < 1.29 is 22.3 Å². The van der Waals surface area contributed by atoms with Gasteiger partial charge in [-0.25, -0.2) is 12.8 Å². The lowest BCUT2D eigenvalue weighted by molar-refractivity contribution is 0.0954. The molecule has 0 heterocycles. The lowest BCUT2D eigenvalue weighted by Gasteiger charge is -2.23. The number of hydrogen-bond acceptors (Lipinski definition) is 4. The highest BCUT2D eigenvalue weighted by Gasteiger charge is 2.18. The van der Waals surface area contributed by atoms with Gasteiger partial charge in [-0.2, -0.15) is 0 Å². The minimum atomic E-state index is -3.53. The highest BCUT2D eigenvalue weighted by molar-refractivity contribution is 7.92. The molecule has 0 aromatic heterocycles. The first kappa shape index (κ1) is 25.2. The number of carbonyl (C=O) groups excluding carboxylic acids is 1. The van der Waals surface area contributed by atoms with E-state index in [1.807, 2.05) is 13.8 Å². The third kappa shape index (κ3) is 7.31. The van der Waals surface area contributed by atoms with Crippen LogP contribution in [0.5, 0.6) is 5.75 Å². The van der Waals surface area contributed by atoms with Crippen LogP contribution in [0.1, 0.15) is 35.3 Å². The van der Waals surface area contributed by atoms with Gasteiger partial charge >= 0.3 is 0 Å². The molecule has 0 fully saturated rings. The largest absolute Gasteiger partial charge is 0.491 e. The summed E-state index contributed by atoms with van der Waals surface area (Å²) in [6, 6.07) is 19.9. The standard InChI is InChI=1S/C26H29FN2O4S/c1-19(2)33-25-14-12-24(13-15-25)29(34(3,31)32)18-21-4-8-22(9-5-21)26(30)28-17-16-20-6-10-23(27)11-7-20/h4-15,19H,16-18H2,1-3H3,(H,28,30). The van der Waals surface area contributed by atoms with Gasteiger partial charge in [0.05, 0.1) is 24.6 Å². The second-order valence-electron chi connectivity index (χ2n) is 8.26. The molecule has 6 nitrogen and oxygen atoms in total. The second-order valence-corrected chi connectivity index (χ2v) is 10.2. The zero-order valence-corrected chi connectivity index (χ0v) is 20.3. The highest BCUT2D eigenvalue weighted by atomic mass is 32.2. The molecule has 3 aromatic rings. The lowest BCUT2D eigenvalue weighted by atomic mass is 10.1. The van der Waals surface area contributed by atoms with Crippen LogP contribution in [-0.2, 0) is 23.0 Å². The van der Waals surface area contributed by atoms with Crippen LogP contribution in [0.15, 0.2) is 72.8 Å². The van der Waals surface area contributed by atoms with Gasteiger partial charge in [-0.05, 0) is 79.9 Å². The number of nitrogens with one attached hydrogen (secondary N) is 1. The molecule has 3 rings (SSSR count). The van der Waals surface area contributed by atoms with Gasteiger partial charge in [0.1, 0.15) is 11.6 Å². The number of anilines is 1. The molecule has 0 bridgehead atoms. The Bertz CT molecular complexity index is 1190. The van der Waals surface area contributed by atoms with E-state index in [0.717, 1.165) is 17.4 Å². The monoisotopic (exact) mass is 484 g/mol. The molecule has 3 aromatic carbocycles. The molecule has 0 aliphatic carbocycles. The van der Waals surface area contributed by atoms with Crippen LogP contribution >= 0.6 is 0 Å². The number of nitrogens with zero attached hydrogens (tertiary/aromatic N) is 1. The number of hydrogen-bond donors (Lipinski definition) is 1. The van der Waals surface area contributed by atoms with Crippen LogP contribution in [0, 0.1) is 5.82 Å². The first-order valence-electron chi connectivity index (χ1n) is 11.0. The molecule has 0 radical (unpaired) electrons. The summed E-state index contributed by atoms with van der Waals surface area (Å²) in [5.41, 5.74) is 2.68. The topological polar surface area (TPSA) is 75.7 Å². The zero-order valence-electron chi connectivity index (χ0n) is 19.5. The van der Waals surface area contributed by atoms with Crippen molar-refractivity contribution in [2.75, 3.05) is 17.1 Å². The molecule has 0 aliphatic rings. The van der Waals surface area contributed by atoms with Crippen molar-refractivity contribution >= 4 is 21.6 Å². The van der Waals surface area contributed by atoms with Gasteiger partial charge in [-0.1, -0.05) is 24.3 Å². The Kier molecular flexibility index (Phi) is 8.28. The molecular weight excluding hydrogens is 455 g/mol. The Morgan fingerprint density at radius 2 is 1.53 bits per heavy atom. The number of ether oxygens (including phenoxy) is 1. The van der Waals surface area contributed by atoms with E-state index in [1.165, 1.54) is 16.4 Å². The summed E-state index contributed by atoms with van der Waals surface area (Å²) in [6.45, 7) is 4.40. The van der Waals surface area contributed by atoms with Gasteiger partial charge in [0.15, 0.2) is 0 Å². The summed E-state index contributed by atoms with van der Waals surface area (Å²) in [5, 5.41) is 2.84. The summed E-state index contributed by atoms with van der Waals surface area (Å²) in [4.78, 5) is 12.4. The van der Waals surface area contributed by atoms with Gasteiger partial charge in [-0.3, -0.25) is 9.10 Å². The summed E-state index contributed by atoms with van der Waals surface area (Å²) >= 11 is 0. The lowest BCUT2D eigenvalue weighted by Crippen LogP contribution is -2.29. The van der Waals surface area contributed by atoms with E-state index in [9.17, 15) is 17.6 Å². The summed E-state index contributed by atoms with van der Waals surface area (Å²) in [7, 11) is -3.53. The molecule has 0 saturated heterocycles. The summed E-state index contributed by atoms with van der Waals surface area (Å²) < 4.78 is 44.8. The van der Waals surface area contributed by atoms with Gasteiger partial charge in [0.25, 0.3) is 5.91 Å². The van der Waals surface area contributed by atoms with Crippen molar-refractivity contribution in [2.24, 2.45) is 0 Å². The van der Waals surface area contributed by atoms with Crippen molar-refractivity contribution in [2.45, 2.75) is 32.9 Å². The smallest absolute Gasteiger partial charge is 0.251 e. The normalized spacial score (nSPS) is 11.3. The van der Waals surface area contributed by atoms with E-state index in [2.05, 4.69) is 5.32 Å². The molecule has 1 N–H and O–H groups in total. The first-order valence-corrected chi connectivity index (χ1v) is 12.8. The molecule has 180 valence electrons. The molecule has 0 atom stereocenters. The molecule has 8 heteroatoms. The molecule has 1 amide bonds. The van der Waals surface area contributed by atoms with Gasteiger partial charge in [-0.15, -0.1) is 0 Å². The summed E-state index contributed by atoms with van der Waals surface area (Å²) in [6.07, 6.45) is 1.78. The Labute approximate surface area is 200 Å². The highest BCUT2D eigenvalue weighted by Crippen LogP contribution is 2.24. The maximum atomic E-state index is 13.0. The minimum absolute atomic E-state index is 0.0236. The van der Waals surface area contributed by atoms with Crippen molar-refractivity contribution in [3.05, 3.63) is 95.3 Å². The summed E-state index contributed by atoms with van der Waals surface area (Å²) in [5.74, 6) is 0.149. The van der Waals surface area contributed by atoms with Gasteiger partial charge in [0, 0.05) is 12.1 Å². The van der Waals surface area contributed by atoms with E-state index < -0.39 is 10.0 Å².